The van der Waals surface area contributed by atoms with E-state index >= 15 is 0 Å². The second-order valence-electron chi connectivity index (χ2n) is 4.16. The number of nitriles is 1. The predicted molar refractivity (Wildman–Crippen MR) is 83.8 cm³/mol. The Morgan fingerprint density at radius 3 is 2.86 bits per heavy atom. The molecule has 112 valence electrons. The fraction of sp³-hybridized carbons (Fsp3) is 0.333. The van der Waals surface area contributed by atoms with Gasteiger partial charge in [0.1, 0.15) is 17.4 Å². The van der Waals surface area contributed by atoms with Gasteiger partial charge >= 0.3 is 0 Å². The molecule has 0 atom stereocenters. The fourth-order valence-electron chi connectivity index (χ4n) is 1.64. The van der Waals surface area contributed by atoms with E-state index in [9.17, 15) is 4.79 Å². The molecule has 0 fully saturated rings. The molecule has 0 aliphatic rings. The summed E-state index contributed by atoms with van der Waals surface area (Å²) in [6.07, 6.45) is 2.20. The maximum atomic E-state index is 11.9. The Kier molecular flexibility index (Phi) is 7.51. The molecule has 0 aromatic heterocycles. The Bertz CT molecular complexity index is 565. The van der Waals surface area contributed by atoms with Crippen LogP contribution >= 0.6 is 15.9 Å². The van der Waals surface area contributed by atoms with E-state index in [0.717, 1.165) is 4.47 Å². The second kappa shape index (κ2) is 9.16. The van der Waals surface area contributed by atoms with Gasteiger partial charge in [0.15, 0.2) is 0 Å². The highest BCUT2D eigenvalue weighted by atomic mass is 79.9. The molecule has 1 rings (SSSR count). The van der Waals surface area contributed by atoms with E-state index in [1.807, 2.05) is 12.1 Å². The minimum atomic E-state index is -0.407. The molecule has 0 spiro atoms. The first-order valence-corrected chi connectivity index (χ1v) is 7.14. The van der Waals surface area contributed by atoms with Gasteiger partial charge in [-0.3, -0.25) is 4.79 Å². The zero-order valence-electron chi connectivity index (χ0n) is 12.0. The highest BCUT2D eigenvalue weighted by Gasteiger charge is 2.10. The van der Waals surface area contributed by atoms with Gasteiger partial charge in [-0.15, -0.1) is 0 Å². The normalized spacial score (nSPS) is 10.9. The number of rotatable bonds is 7. The summed E-state index contributed by atoms with van der Waals surface area (Å²) in [5, 5.41) is 11.8. The lowest BCUT2D eigenvalue weighted by Crippen LogP contribution is -2.26. The summed E-state index contributed by atoms with van der Waals surface area (Å²) in [5.41, 5.74) is 0.694. The number of benzene rings is 1. The fourth-order valence-corrected chi connectivity index (χ4v) is 2.01. The van der Waals surface area contributed by atoms with Crippen LogP contribution in [0.4, 0.5) is 0 Å². The van der Waals surface area contributed by atoms with Crippen LogP contribution in [0.15, 0.2) is 28.2 Å². The van der Waals surface area contributed by atoms with E-state index in [0.29, 0.717) is 30.9 Å². The van der Waals surface area contributed by atoms with Gasteiger partial charge in [-0.25, -0.2) is 0 Å². The lowest BCUT2D eigenvalue weighted by atomic mass is 10.1. The molecule has 0 heterocycles. The number of carbonyl (C=O) groups excluding carboxylic acids is 1. The monoisotopic (exact) mass is 352 g/mol. The quantitative estimate of drug-likeness (QED) is 0.465. The first-order valence-electron chi connectivity index (χ1n) is 6.34. The van der Waals surface area contributed by atoms with Gasteiger partial charge in [0.25, 0.3) is 5.91 Å². The van der Waals surface area contributed by atoms with Gasteiger partial charge in [0.2, 0.25) is 0 Å². The SMILES string of the molecule is COCCCNC(=O)/C(C#N)=C/c1cc(Br)ccc1OC. The van der Waals surface area contributed by atoms with Gasteiger partial charge in [0.05, 0.1) is 7.11 Å². The molecule has 0 unspecified atom stereocenters. The lowest BCUT2D eigenvalue weighted by Gasteiger charge is -2.07. The highest BCUT2D eigenvalue weighted by Crippen LogP contribution is 2.25. The van der Waals surface area contributed by atoms with Crippen LogP contribution in [0.2, 0.25) is 0 Å². The molecule has 1 aromatic carbocycles. The van der Waals surface area contributed by atoms with Gasteiger partial charge in [0, 0.05) is 30.3 Å². The smallest absolute Gasteiger partial charge is 0.261 e. The first kappa shape index (κ1) is 17.2. The Balaban J connectivity index is 2.86. The number of halogens is 1. The van der Waals surface area contributed by atoms with Crippen molar-refractivity contribution in [3.8, 4) is 11.8 Å². The Labute approximate surface area is 132 Å². The van der Waals surface area contributed by atoms with Crippen LogP contribution in [-0.2, 0) is 9.53 Å². The molecule has 0 radical (unpaired) electrons. The van der Waals surface area contributed by atoms with E-state index in [2.05, 4.69) is 21.2 Å². The molecule has 6 heteroatoms. The summed E-state index contributed by atoms with van der Waals surface area (Å²) in [6, 6.07) is 7.29. The van der Waals surface area contributed by atoms with Crippen LogP contribution in [0, 0.1) is 11.3 Å². The van der Waals surface area contributed by atoms with Gasteiger partial charge < -0.3 is 14.8 Å². The molecule has 21 heavy (non-hydrogen) atoms. The topological polar surface area (TPSA) is 71.3 Å². The summed E-state index contributed by atoms with van der Waals surface area (Å²) < 4.78 is 11.0. The number of nitrogens with one attached hydrogen (secondary N) is 1. The molecule has 0 saturated carbocycles. The summed E-state index contributed by atoms with van der Waals surface area (Å²) in [4.78, 5) is 11.9. The van der Waals surface area contributed by atoms with Crippen molar-refractivity contribution in [2.45, 2.75) is 6.42 Å². The first-order chi connectivity index (χ1) is 10.1. The molecule has 0 bridgehead atoms. The maximum Gasteiger partial charge on any atom is 0.261 e. The van der Waals surface area contributed by atoms with Gasteiger partial charge in [-0.05, 0) is 30.7 Å². The molecule has 1 aromatic rings. The molecular weight excluding hydrogens is 336 g/mol. The van der Waals surface area contributed by atoms with Crippen molar-refractivity contribution < 1.29 is 14.3 Å². The van der Waals surface area contributed by atoms with Crippen LogP contribution in [0.25, 0.3) is 6.08 Å². The highest BCUT2D eigenvalue weighted by molar-refractivity contribution is 9.10. The predicted octanol–water partition coefficient (Wildman–Crippen LogP) is 2.52. The van der Waals surface area contributed by atoms with Crippen molar-refractivity contribution in [3.63, 3.8) is 0 Å². The largest absolute Gasteiger partial charge is 0.496 e. The number of carbonyl (C=O) groups is 1. The standard InChI is InChI=1S/C15H17BrN2O3/c1-20-7-3-6-18-15(19)12(10-17)8-11-9-13(16)4-5-14(11)21-2/h4-5,8-9H,3,6-7H2,1-2H3,(H,18,19)/b12-8+. The van der Waals surface area contributed by atoms with E-state index in [1.54, 1.807) is 19.2 Å². The molecule has 0 aliphatic carbocycles. The zero-order chi connectivity index (χ0) is 15.7. The average molecular weight is 353 g/mol. The Morgan fingerprint density at radius 2 is 2.24 bits per heavy atom. The van der Waals surface area contributed by atoms with Crippen molar-refractivity contribution in [2.24, 2.45) is 0 Å². The lowest BCUT2D eigenvalue weighted by molar-refractivity contribution is -0.117. The van der Waals surface area contributed by atoms with Crippen molar-refractivity contribution in [1.29, 1.82) is 5.26 Å². The summed E-state index contributed by atoms with van der Waals surface area (Å²) in [7, 11) is 3.14. The maximum absolute atomic E-state index is 11.9. The van der Waals surface area contributed by atoms with E-state index < -0.39 is 5.91 Å². The average Bonchev–Trinajstić information content (AvgIpc) is 2.49. The van der Waals surface area contributed by atoms with Crippen molar-refractivity contribution in [2.75, 3.05) is 27.4 Å². The molecule has 0 aliphatic heterocycles. The van der Waals surface area contributed by atoms with E-state index in [-0.39, 0.29) is 5.57 Å². The minimum Gasteiger partial charge on any atom is -0.496 e. The third kappa shape index (κ3) is 5.58. The van der Waals surface area contributed by atoms with Crippen LogP contribution in [0.5, 0.6) is 5.75 Å². The Hall–Kier alpha value is -1.84. The van der Waals surface area contributed by atoms with Gasteiger partial charge in [-0.1, -0.05) is 15.9 Å². The number of ether oxygens (including phenoxy) is 2. The van der Waals surface area contributed by atoms with Crippen LogP contribution < -0.4 is 10.1 Å². The van der Waals surface area contributed by atoms with E-state index in [4.69, 9.17) is 14.7 Å². The third-order valence-corrected chi connectivity index (χ3v) is 3.16. The minimum absolute atomic E-state index is 0.0313. The summed E-state index contributed by atoms with van der Waals surface area (Å²) >= 11 is 3.35. The van der Waals surface area contributed by atoms with Crippen LogP contribution in [0.3, 0.4) is 0 Å². The van der Waals surface area contributed by atoms with Crippen LogP contribution in [-0.4, -0.2) is 33.3 Å². The number of methoxy groups -OCH3 is 2. The molecule has 1 amide bonds. The molecule has 1 N–H and O–H groups in total. The van der Waals surface area contributed by atoms with Crippen molar-refractivity contribution >= 4 is 27.9 Å². The van der Waals surface area contributed by atoms with E-state index in [1.165, 1.54) is 13.2 Å². The summed E-state index contributed by atoms with van der Waals surface area (Å²) in [5.74, 6) is 0.189. The number of hydrogen-bond donors (Lipinski definition) is 1. The van der Waals surface area contributed by atoms with Crippen LogP contribution in [0.1, 0.15) is 12.0 Å². The molecular formula is C15H17BrN2O3. The number of hydrogen-bond acceptors (Lipinski definition) is 4. The van der Waals surface area contributed by atoms with Crippen molar-refractivity contribution in [1.82, 2.24) is 5.32 Å². The Morgan fingerprint density at radius 1 is 1.48 bits per heavy atom. The number of nitrogens with zero attached hydrogens (tertiary/aromatic N) is 1. The molecule has 0 saturated heterocycles. The number of amides is 1. The van der Waals surface area contributed by atoms with Gasteiger partial charge in [-0.2, -0.15) is 5.26 Å². The summed E-state index contributed by atoms with van der Waals surface area (Å²) in [6.45, 7) is 1.02. The molecule has 5 nitrogen and oxygen atoms in total. The third-order valence-electron chi connectivity index (χ3n) is 2.67. The second-order valence-corrected chi connectivity index (χ2v) is 5.07. The zero-order valence-corrected chi connectivity index (χ0v) is 13.6. The van der Waals surface area contributed by atoms with Crippen molar-refractivity contribution in [3.05, 3.63) is 33.8 Å².